The summed E-state index contributed by atoms with van der Waals surface area (Å²) in [7, 11) is -1.49. The van der Waals surface area contributed by atoms with Gasteiger partial charge in [-0.2, -0.15) is 0 Å². The zero-order valence-corrected chi connectivity index (χ0v) is 22.1. The molecule has 3 heteroatoms. The van der Waals surface area contributed by atoms with E-state index in [4.69, 9.17) is 4.98 Å². The van der Waals surface area contributed by atoms with Gasteiger partial charge in [0.15, 0.2) is 0 Å². The van der Waals surface area contributed by atoms with Crippen LogP contribution in [0.1, 0.15) is 32.3 Å². The molecule has 0 aliphatic carbocycles. The van der Waals surface area contributed by atoms with Gasteiger partial charge >= 0.3 is 0 Å². The minimum absolute atomic E-state index is 0.507. The van der Waals surface area contributed by atoms with Gasteiger partial charge in [0.2, 0.25) is 0 Å². The normalized spacial score (nSPS) is 13.1. The van der Waals surface area contributed by atoms with Gasteiger partial charge in [-0.3, -0.25) is 4.98 Å². The number of hydrogen-bond acceptors (Lipinski definition) is 1. The average Bonchev–Trinajstić information content (AvgIpc) is 3.17. The maximum Gasteiger partial charge on any atom is 0.0799 e. The highest BCUT2D eigenvalue weighted by Gasteiger charge is 2.25. The molecule has 2 nitrogen and oxygen atoms in total. The van der Waals surface area contributed by atoms with Crippen LogP contribution in [0.4, 0.5) is 0 Å². The van der Waals surface area contributed by atoms with E-state index in [2.05, 4.69) is 130 Å². The molecular formula is C31H34N2Si. The Balaban J connectivity index is 1.72. The Morgan fingerprint density at radius 1 is 0.735 bits per heavy atom. The van der Waals surface area contributed by atoms with E-state index >= 15 is 0 Å². The number of para-hydroxylation sites is 2. The van der Waals surface area contributed by atoms with Crippen molar-refractivity contribution in [1.82, 2.24) is 9.55 Å². The summed E-state index contributed by atoms with van der Waals surface area (Å²) in [5.74, 6) is 1.10. The molecule has 1 atom stereocenters. The summed E-state index contributed by atoms with van der Waals surface area (Å²) < 4.78 is 2.36. The Hall–Kier alpha value is -3.17. The van der Waals surface area contributed by atoms with Crippen LogP contribution in [0.5, 0.6) is 0 Å². The lowest BCUT2D eigenvalue weighted by Crippen LogP contribution is -2.41. The Kier molecular flexibility index (Phi) is 5.69. The molecule has 34 heavy (non-hydrogen) atoms. The van der Waals surface area contributed by atoms with Crippen LogP contribution in [0.15, 0.2) is 85.1 Å². The number of rotatable bonds is 5. The summed E-state index contributed by atoms with van der Waals surface area (Å²) in [6.07, 6.45) is 2.17. The molecule has 1 unspecified atom stereocenters. The molecule has 172 valence electrons. The number of hydrogen-bond donors (Lipinski definition) is 0. The smallest absolute Gasteiger partial charge is 0.0799 e. The first-order valence-corrected chi connectivity index (χ1v) is 15.8. The summed E-state index contributed by atoms with van der Waals surface area (Å²) in [5, 5.41) is 4.03. The lowest BCUT2D eigenvalue weighted by molar-refractivity contribution is 0.537. The number of benzene rings is 3. The molecule has 5 rings (SSSR count). The van der Waals surface area contributed by atoms with E-state index in [9.17, 15) is 0 Å². The highest BCUT2D eigenvalue weighted by Crippen LogP contribution is 2.35. The third-order valence-corrected chi connectivity index (χ3v) is 9.25. The van der Waals surface area contributed by atoms with Crippen molar-refractivity contribution < 1.29 is 0 Å². The summed E-state index contributed by atoms with van der Waals surface area (Å²) in [6.45, 7) is 14.3. The van der Waals surface area contributed by atoms with Crippen molar-refractivity contribution in [1.29, 1.82) is 0 Å². The van der Waals surface area contributed by atoms with Crippen molar-refractivity contribution in [3.63, 3.8) is 0 Å². The van der Waals surface area contributed by atoms with E-state index in [1.165, 1.54) is 43.8 Å². The first-order valence-electron chi connectivity index (χ1n) is 12.3. The molecule has 0 radical (unpaired) electrons. The second-order valence-electron chi connectivity index (χ2n) is 10.9. The fraction of sp³-hybridized carbons (Fsp3) is 0.258. The number of fused-ring (bicyclic) bond motifs is 3. The monoisotopic (exact) mass is 462 g/mol. The van der Waals surface area contributed by atoms with E-state index in [0.717, 1.165) is 5.69 Å². The van der Waals surface area contributed by atoms with Crippen LogP contribution in [0.3, 0.4) is 0 Å². The summed E-state index contributed by atoms with van der Waals surface area (Å²) in [5.41, 5.74) is 7.38. The molecule has 0 fully saturated rings. The van der Waals surface area contributed by atoms with Gasteiger partial charge in [0, 0.05) is 28.2 Å². The zero-order valence-electron chi connectivity index (χ0n) is 21.1. The molecule has 2 heterocycles. The lowest BCUT2D eigenvalue weighted by Gasteiger charge is -2.26. The molecule has 0 N–H and O–H groups in total. The third-order valence-electron chi connectivity index (χ3n) is 7.22. The van der Waals surface area contributed by atoms with Crippen LogP contribution in [0, 0.1) is 5.92 Å². The van der Waals surface area contributed by atoms with Gasteiger partial charge in [-0.05, 0) is 59.0 Å². The van der Waals surface area contributed by atoms with Crippen molar-refractivity contribution in [2.24, 2.45) is 5.92 Å². The minimum atomic E-state index is -1.49. The van der Waals surface area contributed by atoms with Crippen LogP contribution in [-0.2, 0) is 0 Å². The SMILES string of the molecule is CC(C)C(C)c1cc(-c2ccc3c(c2)c2ccccc2n3-c2ccccc2)ncc1[Si](C)(C)C. The molecule has 0 aliphatic heterocycles. The third kappa shape index (κ3) is 3.88. The van der Waals surface area contributed by atoms with Gasteiger partial charge in [-0.25, -0.2) is 0 Å². The molecule has 5 aromatic rings. The molecule has 0 amide bonds. The fourth-order valence-corrected chi connectivity index (χ4v) is 6.60. The highest BCUT2D eigenvalue weighted by atomic mass is 28.3. The van der Waals surface area contributed by atoms with Gasteiger partial charge in [0.25, 0.3) is 0 Å². The first-order chi connectivity index (χ1) is 16.3. The van der Waals surface area contributed by atoms with Gasteiger partial charge in [-0.15, -0.1) is 0 Å². The number of nitrogens with zero attached hydrogens (tertiary/aromatic N) is 2. The molecule has 0 aliphatic rings. The van der Waals surface area contributed by atoms with Gasteiger partial charge in [-0.1, -0.05) is 82.9 Å². The molecule has 0 spiro atoms. The Labute approximate surface area is 204 Å². The summed E-state index contributed by atoms with van der Waals surface area (Å²) in [4.78, 5) is 5.00. The number of aromatic nitrogens is 2. The summed E-state index contributed by atoms with van der Waals surface area (Å²) >= 11 is 0. The fourth-order valence-electron chi connectivity index (χ4n) is 4.98. The van der Waals surface area contributed by atoms with Crippen LogP contribution >= 0.6 is 0 Å². The Morgan fingerprint density at radius 3 is 2.12 bits per heavy atom. The Bertz CT molecular complexity index is 1470. The predicted octanol–water partition coefficient (Wildman–Crippen LogP) is 8.15. The molecule has 3 aromatic carbocycles. The minimum Gasteiger partial charge on any atom is -0.309 e. The molecular weight excluding hydrogens is 428 g/mol. The predicted molar refractivity (Wildman–Crippen MR) is 150 cm³/mol. The molecule has 0 bridgehead atoms. The van der Waals surface area contributed by atoms with Gasteiger partial charge in [0.1, 0.15) is 0 Å². The van der Waals surface area contributed by atoms with Crippen LogP contribution in [0.25, 0.3) is 38.8 Å². The van der Waals surface area contributed by atoms with Gasteiger partial charge < -0.3 is 4.57 Å². The maximum absolute atomic E-state index is 5.00. The van der Waals surface area contributed by atoms with E-state index in [-0.39, 0.29) is 0 Å². The Morgan fingerprint density at radius 2 is 1.41 bits per heavy atom. The van der Waals surface area contributed by atoms with Crippen molar-refractivity contribution in [3.05, 3.63) is 90.6 Å². The molecule has 0 saturated heterocycles. The van der Waals surface area contributed by atoms with Crippen molar-refractivity contribution in [2.75, 3.05) is 0 Å². The second kappa shape index (κ2) is 8.55. The second-order valence-corrected chi connectivity index (χ2v) is 15.9. The van der Waals surface area contributed by atoms with Crippen molar-refractivity contribution in [2.45, 2.75) is 46.3 Å². The van der Waals surface area contributed by atoms with E-state index in [0.29, 0.717) is 11.8 Å². The molecule has 0 saturated carbocycles. The first kappa shape index (κ1) is 22.6. The van der Waals surface area contributed by atoms with Crippen LogP contribution in [0.2, 0.25) is 19.6 Å². The van der Waals surface area contributed by atoms with Crippen molar-refractivity contribution in [3.8, 4) is 16.9 Å². The standard InChI is InChI=1S/C31H34N2Si/c1-21(2)22(3)26-19-28(32-20-31(26)34(4,5)6)23-16-17-30-27(18-23)25-14-10-11-15-29(25)33(30)24-12-8-7-9-13-24/h7-22H,1-6H3. The van der Waals surface area contributed by atoms with Crippen LogP contribution < -0.4 is 5.19 Å². The average molecular weight is 463 g/mol. The molecule has 2 aromatic heterocycles. The lowest BCUT2D eigenvalue weighted by atomic mass is 9.90. The number of pyridine rings is 1. The quantitative estimate of drug-likeness (QED) is 0.241. The van der Waals surface area contributed by atoms with E-state index in [1.807, 2.05) is 0 Å². The van der Waals surface area contributed by atoms with E-state index in [1.54, 1.807) is 0 Å². The van der Waals surface area contributed by atoms with Crippen molar-refractivity contribution >= 4 is 35.1 Å². The zero-order chi connectivity index (χ0) is 24.0. The van der Waals surface area contributed by atoms with Crippen LogP contribution in [-0.4, -0.2) is 17.6 Å². The summed E-state index contributed by atoms with van der Waals surface area (Å²) in [6, 6.07) is 28.5. The van der Waals surface area contributed by atoms with E-state index < -0.39 is 8.07 Å². The maximum atomic E-state index is 5.00. The highest BCUT2D eigenvalue weighted by molar-refractivity contribution is 6.89. The topological polar surface area (TPSA) is 17.8 Å². The van der Waals surface area contributed by atoms with Gasteiger partial charge in [0.05, 0.1) is 24.8 Å². The largest absolute Gasteiger partial charge is 0.309 e.